The maximum absolute atomic E-state index is 5.50. The van der Waals surface area contributed by atoms with E-state index in [9.17, 15) is 0 Å². The van der Waals surface area contributed by atoms with Gasteiger partial charge in [-0.05, 0) is 43.3 Å². The van der Waals surface area contributed by atoms with Gasteiger partial charge in [0.15, 0.2) is 5.11 Å². The molecule has 3 nitrogen and oxygen atoms in total. The average molecular weight is 314 g/mol. The van der Waals surface area contributed by atoms with Crippen LogP contribution in [0.15, 0.2) is 54.6 Å². The fourth-order valence-corrected chi connectivity index (χ4v) is 2.52. The second-order valence-corrected chi connectivity index (χ2v) is 5.34. The molecule has 0 aliphatic carbocycles. The third-order valence-corrected chi connectivity index (χ3v) is 3.54. The van der Waals surface area contributed by atoms with E-state index in [0.717, 1.165) is 17.9 Å². The number of hydrogen-bond acceptors (Lipinski definition) is 2. The van der Waals surface area contributed by atoms with Crippen molar-refractivity contribution in [3.05, 3.63) is 60.2 Å². The molecule has 0 aliphatic rings. The van der Waals surface area contributed by atoms with Crippen molar-refractivity contribution in [2.75, 3.05) is 11.9 Å². The minimum absolute atomic E-state index is 0.205. The molecule has 0 amide bonds. The summed E-state index contributed by atoms with van der Waals surface area (Å²) in [5.41, 5.74) is 2.16. The summed E-state index contributed by atoms with van der Waals surface area (Å²) >= 11 is 5.42. The van der Waals surface area contributed by atoms with E-state index in [2.05, 4.69) is 29.7 Å². The van der Waals surface area contributed by atoms with Gasteiger partial charge in [0.1, 0.15) is 5.75 Å². The highest BCUT2D eigenvalue weighted by atomic mass is 32.1. The van der Waals surface area contributed by atoms with Crippen LogP contribution in [0.2, 0.25) is 0 Å². The maximum Gasteiger partial charge on any atom is 0.171 e. The van der Waals surface area contributed by atoms with Gasteiger partial charge in [0.25, 0.3) is 0 Å². The molecule has 0 fully saturated rings. The van der Waals surface area contributed by atoms with Gasteiger partial charge >= 0.3 is 0 Å². The molecule has 2 aromatic rings. The average Bonchev–Trinajstić information content (AvgIpc) is 2.54. The van der Waals surface area contributed by atoms with Crippen LogP contribution < -0.4 is 15.4 Å². The van der Waals surface area contributed by atoms with Crippen LogP contribution in [-0.4, -0.2) is 11.7 Å². The summed E-state index contributed by atoms with van der Waals surface area (Å²) in [6.07, 6.45) is 0.963. The van der Waals surface area contributed by atoms with Gasteiger partial charge in [-0.1, -0.05) is 43.3 Å². The van der Waals surface area contributed by atoms with Gasteiger partial charge in [-0.3, -0.25) is 0 Å². The lowest BCUT2D eigenvalue weighted by Crippen LogP contribution is -2.32. The Kier molecular flexibility index (Phi) is 6.22. The summed E-state index contributed by atoms with van der Waals surface area (Å²) in [7, 11) is 0. The van der Waals surface area contributed by atoms with E-state index in [4.69, 9.17) is 17.0 Å². The third-order valence-electron chi connectivity index (χ3n) is 3.32. The summed E-state index contributed by atoms with van der Waals surface area (Å²) in [4.78, 5) is 0. The van der Waals surface area contributed by atoms with E-state index in [0.29, 0.717) is 11.7 Å². The first-order valence-electron chi connectivity index (χ1n) is 7.58. The number of ether oxygens (including phenoxy) is 1. The van der Waals surface area contributed by atoms with E-state index in [-0.39, 0.29) is 6.04 Å². The third kappa shape index (κ3) is 4.74. The van der Waals surface area contributed by atoms with Gasteiger partial charge in [-0.2, -0.15) is 0 Å². The van der Waals surface area contributed by atoms with Gasteiger partial charge in [0.2, 0.25) is 0 Å². The van der Waals surface area contributed by atoms with E-state index in [1.54, 1.807) is 0 Å². The molecule has 116 valence electrons. The number of benzene rings is 2. The van der Waals surface area contributed by atoms with E-state index < -0.39 is 0 Å². The van der Waals surface area contributed by atoms with Gasteiger partial charge < -0.3 is 15.4 Å². The molecule has 0 aromatic heterocycles. The Morgan fingerprint density at radius 2 is 1.86 bits per heavy atom. The zero-order valence-corrected chi connectivity index (χ0v) is 13.8. The van der Waals surface area contributed by atoms with Crippen LogP contribution in [-0.2, 0) is 0 Å². The van der Waals surface area contributed by atoms with Gasteiger partial charge in [0.05, 0.1) is 12.6 Å². The standard InChI is InChI=1S/C18H22N2OS/c1-3-17(14-9-6-5-7-10-14)20-18(22)19-15-11-8-12-16(13-15)21-4-2/h5-13,17H,3-4H2,1-2H3,(H2,19,20,22)/t17-/m0/s1. The minimum Gasteiger partial charge on any atom is -0.494 e. The fraction of sp³-hybridized carbons (Fsp3) is 0.278. The van der Waals surface area contributed by atoms with Crippen molar-refractivity contribution in [2.45, 2.75) is 26.3 Å². The quantitative estimate of drug-likeness (QED) is 0.768. The highest BCUT2D eigenvalue weighted by Crippen LogP contribution is 2.19. The zero-order chi connectivity index (χ0) is 15.8. The Hall–Kier alpha value is -2.07. The zero-order valence-electron chi connectivity index (χ0n) is 13.0. The normalized spacial score (nSPS) is 11.5. The summed E-state index contributed by atoms with van der Waals surface area (Å²) in [5.74, 6) is 0.838. The first-order chi connectivity index (χ1) is 10.7. The maximum atomic E-state index is 5.50. The van der Waals surface area contributed by atoms with Crippen LogP contribution in [0.3, 0.4) is 0 Å². The molecule has 0 radical (unpaired) electrons. The van der Waals surface area contributed by atoms with Crippen LogP contribution in [0.25, 0.3) is 0 Å². The van der Waals surface area contributed by atoms with Crippen LogP contribution in [0.4, 0.5) is 5.69 Å². The minimum atomic E-state index is 0.205. The number of nitrogens with one attached hydrogen (secondary N) is 2. The number of anilines is 1. The fourth-order valence-electron chi connectivity index (χ4n) is 2.26. The Morgan fingerprint density at radius 3 is 2.55 bits per heavy atom. The predicted octanol–water partition coefficient (Wildman–Crippen LogP) is 4.52. The van der Waals surface area contributed by atoms with Crippen molar-refractivity contribution in [2.24, 2.45) is 0 Å². The molecule has 2 rings (SSSR count). The Bertz CT molecular complexity index is 601. The molecule has 1 atom stereocenters. The lowest BCUT2D eigenvalue weighted by Gasteiger charge is -2.20. The van der Waals surface area contributed by atoms with Crippen molar-refractivity contribution in [1.29, 1.82) is 0 Å². The van der Waals surface area contributed by atoms with Gasteiger partial charge in [-0.15, -0.1) is 0 Å². The van der Waals surface area contributed by atoms with Crippen LogP contribution >= 0.6 is 12.2 Å². The van der Waals surface area contributed by atoms with Crippen LogP contribution in [0.1, 0.15) is 31.9 Å². The first kappa shape index (κ1) is 16.3. The molecular formula is C18H22N2OS. The molecule has 2 aromatic carbocycles. The second-order valence-electron chi connectivity index (χ2n) is 4.93. The largest absolute Gasteiger partial charge is 0.494 e. The molecule has 0 saturated heterocycles. The van der Waals surface area contributed by atoms with E-state index >= 15 is 0 Å². The highest BCUT2D eigenvalue weighted by Gasteiger charge is 2.10. The van der Waals surface area contributed by atoms with Gasteiger partial charge in [0, 0.05) is 11.8 Å². The van der Waals surface area contributed by atoms with Crippen molar-refractivity contribution in [3.63, 3.8) is 0 Å². The van der Waals surface area contributed by atoms with Crippen LogP contribution in [0.5, 0.6) is 5.75 Å². The lowest BCUT2D eigenvalue weighted by molar-refractivity contribution is 0.340. The van der Waals surface area contributed by atoms with Crippen molar-refractivity contribution in [3.8, 4) is 5.75 Å². The molecule has 0 spiro atoms. The van der Waals surface area contributed by atoms with Crippen LogP contribution in [0, 0.1) is 0 Å². The molecule has 0 saturated carbocycles. The number of rotatable bonds is 6. The summed E-state index contributed by atoms with van der Waals surface area (Å²) in [6, 6.07) is 18.3. The predicted molar refractivity (Wildman–Crippen MR) is 96.4 cm³/mol. The number of hydrogen-bond donors (Lipinski definition) is 2. The van der Waals surface area contributed by atoms with Crippen molar-refractivity contribution < 1.29 is 4.74 Å². The SMILES string of the molecule is CCOc1cccc(NC(=S)N[C@@H](CC)c2ccccc2)c1. The summed E-state index contributed by atoms with van der Waals surface area (Å²) in [5, 5.41) is 7.19. The molecule has 0 unspecified atom stereocenters. The monoisotopic (exact) mass is 314 g/mol. The Labute approximate surface area is 137 Å². The molecule has 4 heteroatoms. The molecule has 0 bridgehead atoms. The van der Waals surface area contributed by atoms with Crippen molar-refractivity contribution >= 4 is 23.0 Å². The van der Waals surface area contributed by atoms with E-state index in [1.165, 1.54) is 5.56 Å². The highest BCUT2D eigenvalue weighted by molar-refractivity contribution is 7.80. The van der Waals surface area contributed by atoms with Gasteiger partial charge in [-0.25, -0.2) is 0 Å². The smallest absolute Gasteiger partial charge is 0.171 e. The summed E-state index contributed by atoms with van der Waals surface area (Å²) in [6.45, 7) is 4.76. The molecule has 0 heterocycles. The first-order valence-corrected chi connectivity index (χ1v) is 7.99. The number of thiocarbonyl (C=S) groups is 1. The molecule has 2 N–H and O–H groups in total. The Morgan fingerprint density at radius 1 is 1.09 bits per heavy atom. The second kappa shape index (κ2) is 8.39. The topological polar surface area (TPSA) is 33.3 Å². The molecule has 22 heavy (non-hydrogen) atoms. The van der Waals surface area contributed by atoms with E-state index in [1.807, 2.05) is 49.4 Å². The summed E-state index contributed by atoms with van der Waals surface area (Å²) < 4.78 is 5.50. The van der Waals surface area contributed by atoms with Crippen molar-refractivity contribution in [1.82, 2.24) is 5.32 Å². The Balaban J connectivity index is 1.98. The lowest BCUT2D eigenvalue weighted by atomic mass is 10.1. The molecular weight excluding hydrogens is 292 g/mol. The molecule has 0 aliphatic heterocycles.